The maximum absolute atomic E-state index is 11.9. The first kappa shape index (κ1) is 24.0. The fraction of sp³-hybridized carbons (Fsp3) is 0.900. The molecule has 0 amide bonds. The predicted molar refractivity (Wildman–Crippen MR) is 90.7 cm³/mol. The van der Waals surface area contributed by atoms with Crippen LogP contribution in [-0.4, -0.2) is 68.6 Å². The molecule has 0 fully saturated rings. The highest BCUT2D eigenvalue weighted by molar-refractivity contribution is 7.60. The van der Waals surface area contributed by atoms with E-state index < -0.39 is 66.7 Å². The Morgan fingerprint density at radius 3 is 1.78 bits per heavy atom. The third-order valence-corrected chi connectivity index (χ3v) is 12.8. The van der Waals surface area contributed by atoms with Crippen molar-refractivity contribution in [1.29, 1.82) is 0 Å². The van der Waals surface area contributed by atoms with Crippen molar-refractivity contribution < 1.29 is 33.0 Å². The molecule has 0 saturated carbocycles. The van der Waals surface area contributed by atoms with E-state index in [2.05, 4.69) is 0 Å². The molecule has 0 bridgehead atoms. The maximum Gasteiger partial charge on any atom is 0.781 e. The van der Waals surface area contributed by atoms with Crippen LogP contribution in [0.5, 0.6) is 0 Å². The summed E-state index contributed by atoms with van der Waals surface area (Å²) in [5.41, 5.74) is 0. The second-order valence-corrected chi connectivity index (χ2v) is 14.3. The van der Waals surface area contributed by atoms with Gasteiger partial charge in [0.15, 0.2) is 14.7 Å². The second kappa shape index (κ2) is 12.3. The number of carbonyl (C=O) groups is 1. The minimum atomic E-state index is -2.71. The Morgan fingerprint density at radius 2 is 1.35 bits per heavy atom. The molecule has 130 valence electrons. The third kappa shape index (κ3) is 10.5. The van der Waals surface area contributed by atoms with Gasteiger partial charge in [-0.15, -0.1) is 0 Å². The lowest BCUT2D eigenvalue weighted by Crippen LogP contribution is -2.14. The van der Waals surface area contributed by atoms with Gasteiger partial charge in [-0.05, 0) is 4.57 Å². The van der Waals surface area contributed by atoms with Crippen molar-refractivity contribution in [3.63, 3.8) is 0 Å². The molecule has 0 aliphatic rings. The van der Waals surface area contributed by atoms with E-state index in [9.17, 15) is 18.5 Å². The van der Waals surface area contributed by atoms with Crippen molar-refractivity contribution in [1.82, 2.24) is 0 Å². The Hall–Kier alpha value is 0.975. The first-order valence-corrected chi connectivity index (χ1v) is 14.4. The first-order chi connectivity index (χ1) is 10.7. The van der Waals surface area contributed by atoms with Gasteiger partial charge < -0.3 is 10.9 Å². The van der Waals surface area contributed by atoms with Gasteiger partial charge >= 0.3 is 45.8 Å². The lowest BCUT2D eigenvalue weighted by atomic mass is 10.8. The van der Waals surface area contributed by atoms with E-state index in [1.54, 1.807) is 27.7 Å². The summed E-state index contributed by atoms with van der Waals surface area (Å²) in [5, 5.41) is 0. The molecule has 0 saturated heterocycles. The summed E-state index contributed by atoms with van der Waals surface area (Å²) in [5.74, 6) is -0.742. The van der Waals surface area contributed by atoms with Crippen LogP contribution in [0.25, 0.3) is 0 Å². The van der Waals surface area contributed by atoms with Crippen molar-refractivity contribution in [2.24, 2.45) is 0 Å². The highest BCUT2D eigenvalue weighted by Gasteiger charge is 2.30. The van der Waals surface area contributed by atoms with Gasteiger partial charge in [-0.1, -0.05) is 27.7 Å². The molecule has 0 aliphatic heterocycles. The Balaban J connectivity index is 4.01. The molecular weight excluding hydrogens is 395 g/mol. The van der Waals surface area contributed by atoms with E-state index in [0.29, 0.717) is 24.6 Å². The van der Waals surface area contributed by atoms with Gasteiger partial charge in [0.05, 0.1) is 0 Å². The number of rotatable bonds is 13. The first-order valence-electron chi connectivity index (χ1n) is 7.21. The summed E-state index contributed by atoms with van der Waals surface area (Å²) in [6.07, 6.45) is 1.08. The van der Waals surface area contributed by atoms with Crippen LogP contribution in [0.1, 0.15) is 27.7 Å². The van der Waals surface area contributed by atoms with Crippen LogP contribution >= 0.6 is 22.8 Å². The zero-order chi connectivity index (χ0) is 17.9. The van der Waals surface area contributed by atoms with E-state index in [4.69, 9.17) is 14.5 Å². The van der Waals surface area contributed by atoms with Crippen LogP contribution < -0.4 is 0 Å². The summed E-state index contributed by atoms with van der Waals surface area (Å²) >= 11 is -2.37. The van der Waals surface area contributed by atoms with Crippen molar-refractivity contribution in [2.45, 2.75) is 27.7 Å². The second-order valence-electron chi connectivity index (χ2n) is 4.38. The summed E-state index contributed by atoms with van der Waals surface area (Å²) in [6.45, 7) is 6.97. The fourth-order valence-corrected chi connectivity index (χ4v) is 7.73. The average Bonchev–Trinajstić information content (AvgIpc) is 2.54. The smallest absolute Gasteiger partial charge is 0.596 e. The molecule has 1 atom stereocenters. The minimum Gasteiger partial charge on any atom is -0.596 e. The van der Waals surface area contributed by atoms with E-state index >= 15 is 0 Å². The minimum absolute atomic E-state index is 0.376. The van der Waals surface area contributed by atoms with Crippen LogP contribution in [0.2, 0.25) is 0 Å². The molecule has 0 aromatic heterocycles. The van der Waals surface area contributed by atoms with Crippen LogP contribution in [-0.2, 0) is 33.0 Å². The SMILES string of the molecule is CCP(=O)(CC)[O][Al][O]C(=O)C[P+](=O)[O][Al][O]P(=O)(CC)CC. The molecule has 0 spiro atoms. The molecule has 0 N–H and O–H groups in total. The summed E-state index contributed by atoms with van der Waals surface area (Å²) < 4.78 is 55.5. The Labute approximate surface area is 151 Å². The number of hydrogen-bond donors (Lipinski definition) is 0. The molecule has 23 heavy (non-hydrogen) atoms. The molecule has 0 aromatic rings. The van der Waals surface area contributed by atoms with Crippen molar-refractivity contribution >= 4 is 60.5 Å². The van der Waals surface area contributed by atoms with Gasteiger partial charge in [-0.25, -0.2) is 0 Å². The largest absolute Gasteiger partial charge is 0.781 e. The van der Waals surface area contributed by atoms with Gasteiger partial charge in [-0.2, -0.15) is 0 Å². The molecule has 0 rings (SSSR count). The normalized spacial score (nSPS) is 12.6. The predicted octanol–water partition coefficient (Wildman–Crippen LogP) is 3.03. The highest BCUT2D eigenvalue weighted by Crippen LogP contribution is 2.46. The van der Waals surface area contributed by atoms with Gasteiger partial charge in [0.2, 0.25) is 0 Å². The average molecular weight is 417 g/mol. The zero-order valence-electron chi connectivity index (χ0n) is 13.8. The topological polar surface area (TPSA) is 105 Å². The third-order valence-electron chi connectivity index (χ3n) is 3.00. The monoisotopic (exact) mass is 417 g/mol. The Morgan fingerprint density at radius 1 is 0.913 bits per heavy atom. The standard InChI is InChI=1S/2C4H11O2P.C2H3O4P.2Al/c2*1-3-7(5,6)4-2;3-2(4)1-7(5)6;;/h2*3-4H2,1-2H3,(H,5,6);1H2,(H,3,4);;/q;;;2*+2/p-3. The lowest BCUT2D eigenvalue weighted by Gasteiger charge is -2.14. The highest BCUT2D eigenvalue weighted by atomic mass is 31.2. The molecule has 2 radical (unpaired) electrons. The lowest BCUT2D eigenvalue weighted by molar-refractivity contribution is -0.132. The van der Waals surface area contributed by atoms with Crippen molar-refractivity contribution in [2.75, 3.05) is 30.8 Å². The van der Waals surface area contributed by atoms with Gasteiger partial charge in [0.1, 0.15) is 0 Å². The molecule has 0 heterocycles. The summed E-state index contributed by atoms with van der Waals surface area (Å²) in [7, 11) is -7.68. The molecule has 1 unspecified atom stereocenters. The molecule has 13 heteroatoms. The molecule has 0 aliphatic carbocycles. The van der Waals surface area contributed by atoms with E-state index in [1.165, 1.54) is 0 Å². The maximum atomic E-state index is 11.9. The Bertz CT molecular complexity index is 429. The van der Waals surface area contributed by atoms with Crippen LogP contribution in [0.4, 0.5) is 0 Å². The Kier molecular flexibility index (Phi) is 12.9. The quantitative estimate of drug-likeness (QED) is 0.333. The van der Waals surface area contributed by atoms with E-state index in [-0.39, 0.29) is 0 Å². The van der Waals surface area contributed by atoms with E-state index in [1.807, 2.05) is 0 Å². The van der Waals surface area contributed by atoms with Crippen LogP contribution in [0.3, 0.4) is 0 Å². The number of hydrogen-bond acceptors (Lipinski definition) is 8. The zero-order valence-corrected chi connectivity index (χ0v) is 18.8. The van der Waals surface area contributed by atoms with Crippen molar-refractivity contribution in [3.05, 3.63) is 0 Å². The van der Waals surface area contributed by atoms with Gasteiger partial charge in [0.25, 0.3) is 6.16 Å². The van der Waals surface area contributed by atoms with Crippen LogP contribution in [0, 0.1) is 0 Å². The fourth-order valence-electron chi connectivity index (χ4n) is 1.22. The molecule has 8 nitrogen and oxygen atoms in total. The van der Waals surface area contributed by atoms with Gasteiger partial charge in [-0.3, -0.25) is 17.5 Å². The van der Waals surface area contributed by atoms with Crippen molar-refractivity contribution in [3.8, 4) is 0 Å². The van der Waals surface area contributed by atoms with E-state index in [0.717, 1.165) is 0 Å². The molecule has 0 aromatic carbocycles. The molecular formula is C10H22Al2O8P3+. The number of carbonyl (C=O) groups excluding carboxylic acids is 1. The van der Waals surface area contributed by atoms with Crippen LogP contribution in [0.15, 0.2) is 0 Å². The van der Waals surface area contributed by atoms with Gasteiger partial charge in [0, 0.05) is 24.6 Å². The summed E-state index contributed by atoms with van der Waals surface area (Å²) in [6, 6.07) is 0. The summed E-state index contributed by atoms with van der Waals surface area (Å²) in [4.78, 5) is 11.5.